The first-order chi connectivity index (χ1) is 12.1. The summed E-state index contributed by atoms with van der Waals surface area (Å²) in [6.07, 6.45) is 6.95. The van der Waals surface area contributed by atoms with Gasteiger partial charge in [0.1, 0.15) is 5.82 Å². The molecule has 0 aromatic carbocycles. The number of thiazole rings is 1. The van der Waals surface area contributed by atoms with Gasteiger partial charge >= 0.3 is 0 Å². The molecule has 1 aliphatic rings. The Morgan fingerprint density at radius 3 is 2.72 bits per heavy atom. The minimum Gasteiger partial charge on any atom is -0.352 e. The summed E-state index contributed by atoms with van der Waals surface area (Å²) in [6.45, 7) is 4.11. The second-order valence-corrected chi connectivity index (χ2v) is 7.72. The fraction of sp³-hybridized carbons (Fsp3) is 0.368. The van der Waals surface area contributed by atoms with E-state index in [-0.39, 0.29) is 0 Å². The molecule has 0 saturated heterocycles. The summed E-state index contributed by atoms with van der Waals surface area (Å²) >= 11 is 1.82. The van der Waals surface area contributed by atoms with Crippen LogP contribution in [0.3, 0.4) is 0 Å². The van der Waals surface area contributed by atoms with Gasteiger partial charge in [-0.2, -0.15) is 0 Å². The molecular weight excluding hydrogens is 330 g/mol. The van der Waals surface area contributed by atoms with Crippen molar-refractivity contribution >= 4 is 17.2 Å². The Balaban J connectivity index is 1.71. The average Bonchev–Trinajstić information content (AvgIpc) is 3.01. The first kappa shape index (κ1) is 16.1. The van der Waals surface area contributed by atoms with Gasteiger partial charge in [-0.1, -0.05) is 0 Å². The smallest absolute Gasteiger partial charge is 0.161 e. The standard InChI is InChI=1S/C19H21N5S/c1-12-11-17(23-19(21-12)14-7-9-20-10-8-14)24(3)16-6-4-5-15-18(16)25-13(2)22-15/h7-11,16H,4-6H2,1-3H3/t16-/m0/s1. The molecule has 0 amide bonds. The average molecular weight is 351 g/mol. The Hall–Kier alpha value is -2.34. The van der Waals surface area contributed by atoms with Crippen LogP contribution >= 0.6 is 11.3 Å². The summed E-state index contributed by atoms with van der Waals surface area (Å²) in [4.78, 5) is 21.9. The lowest BCUT2D eigenvalue weighted by Crippen LogP contribution is -2.27. The zero-order valence-corrected chi connectivity index (χ0v) is 15.5. The quantitative estimate of drug-likeness (QED) is 0.710. The molecule has 4 rings (SSSR count). The molecule has 0 bridgehead atoms. The molecule has 0 aliphatic heterocycles. The zero-order chi connectivity index (χ0) is 17.4. The van der Waals surface area contributed by atoms with Crippen molar-refractivity contribution in [2.24, 2.45) is 0 Å². The molecule has 128 valence electrons. The van der Waals surface area contributed by atoms with E-state index in [4.69, 9.17) is 9.97 Å². The van der Waals surface area contributed by atoms with E-state index >= 15 is 0 Å². The summed E-state index contributed by atoms with van der Waals surface area (Å²) in [7, 11) is 2.13. The number of hydrogen-bond acceptors (Lipinski definition) is 6. The Bertz CT molecular complexity index is 890. The Morgan fingerprint density at radius 1 is 1.12 bits per heavy atom. The largest absolute Gasteiger partial charge is 0.352 e. The van der Waals surface area contributed by atoms with E-state index in [1.165, 1.54) is 17.0 Å². The first-order valence-electron chi connectivity index (χ1n) is 8.57. The van der Waals surface area contributed by atoms with E-state index in [1.807, 2.05) is 30.4 Å². The van der Waals surface area contributed by atoms with Crippen LogP contribution in [0.1, 0.15) is 40.2 Å². The molecule has 1 aliphatic carbocycles. The van der Waals surface area contributed by atoms with Crippen molar-refractivity contribution in [1.82, 2.24) is 19.9 Å². The van der Waals surface area contributed by atoms with Crippen molar-refractivity contribution in [2.75, 3.05) is 11.9 Å². The maximum Gasteiger partial charge on any atom is 0.161 e. The van der Waals surface area contributed by atoms with E-state index in [0.717, 1.165) is 40.7 Å². The van der Waals surface area contributed by atoms with Gasteiger partial charge in [-0.15, -0.1) is 11.3 Å². The molecule has 1 atom stereocenters. The van der Waals surface area contributed by atoms with Crippen LogP contribution in [0.2, 0.25) is 0 Å². The minimum atomic E-state index is 0.342. The van der Waals surface area contributed by atoms with Gasteiger partial charge in [0.2, 0.25) is 0 Å². The third-order valence-corrected chi connectivity index (χ3v) is 5.75. The number of nitrogens with zero attached hydrogens (tertiary/aromatic N) is 5. The van der Waals surface area contributed by atoms with E-state index in [1.54, 1.807) is 12.4 Å². The van der Waals surface area contributed by atoms with Gasteiger partial charge in [0.25, 0.3) is 0 Å². The highest BCUT2D eigenvalue weighted by Gasteiger charge is 2.28. The van der Waals surface area contributed by atoms with E-state index in [0.29, 0.717) is 6.04 Å². The SMILES string of the molecule is Cc1cc(N(C)[C@H]2CCCc3nc(C)sc32)nc(-c2ccncc2)n1. The number of aromatic nitrogens is 4. The van der Waals surface area contributed by atoms with Crippen LogP contribution in [0.15, 0.2) is 30.6 Å². The normalized spacial score (nSPS) is 16.5. The maximum atomic E-state index is 4.83. The van der Waals surface area contributed by atoms with Crippen molar-refractivity contribution in [3.8, 4) is 11.4 Å². The molecule has 25 heavy (non-hydrogen) atoms. The third-order valence-electron chi connectivity index (χ3n) is 4.64. The third kappa shape index (κ3) is 3.14. The number of fused-ring (bicyclic) bond motifs is 1. The Labute approximate surface area is 151 Å². The first-order valence-corrected chi connectivity index (χ1v) is 9.38. The van der Waals surface area contributed by atoms with Crippen LogP contribution in [0.5, 0.6) is 0 Å². The van der Waals surface area contributed by atoms with Gasteiger partial charge < -0.3 is 4.90 Å². The summed E-state index contributed by atoms with van der Waals surface area (Å²) < 4.78 is 0. The van der Waals surface area contributed by atoms with E-state index in [9.17, 15) is 0 Å². The monoisotopic (exact) mass is 351 g/mol. The van der Waals surface area contributed by atoms with Crippen molar-refractivity contribution in [3.63, 3.8) is 0 Å². The maximum absolute atomic E-state index is 4.83. The van der Waals surface area contributed by atoms with Gasteiger partial charge in [-0.25, -0.2) is 15.0 Å². The topological polar surface area (TPSA) is 54.8 Å². The van der Waals surface area contributed by atoms with Gasteiger partial charge in [-0.05, 0) is 45.2 Å². The van der Waals surface area contributed by atoms with Crippen LogP contribution in [-0.2, 0) is 6.42 Å². The molecule has 0 unspecified atom stereocenters. The van der Waals surface area contributed by atoms with Crippen molar-refractivity contribution < 1.29 is 0 Å². The van der Waals surface area contributed by atoms with Crippen molar-refractivity contribution in [3.05, 3.63) is 51.9 Å². The second-order valence-electron chi connectivity index (χ2n) is 6.49. The molecule has 3 aromatic heterocycles. The zero-order valence-electron chi connectivity index (χ0n) is 14.7. The lowest BCUT2D eigenvalue weighted by molar-refractivity contribution is 0.545. The molecule has 6 heteroatoms. The number of anilines is 1. The predicted octanol–water partition coefficient (Wildman–Crippen LogP) is 4.13. The van der Waals surface area contributed by atoms with Gasteiger partial charge in [-0.3, -0.25) is 4.98 Å². The fourth-order valence-electron chi connectivity index (χ4n) is 3.41. The molecule has 0 fully saturated rings. The molecule has 3 heterocycles. The highest BCUT2D eigenvalue weighted by atomic mass is 32.1. The summed E-state index contributed by atoms with van der Waals surface area (Å²) in [5.41, 5.74) is 3.23. The number of hydrogen-bond donors (Lipinski definition) is 0. The molecule has 0 N–H and O–H groups in total. The second kappa shape index (κ2) is 6.52. The predicted molar refractivity (Wildman–Crippen MR) is 101 cm³/mol. The van der Waals surface area contributed by atoms with Crippen molar-refractivity contribution in [2.45, 2.75) is 39.2 Å². The molecule has 5 nitrogen and oxygen atoms in total. The molecule has 0 saturated carbocycles. The molecule has 3 aromatic rings. The molecular formula is C19H21N5S. The van der Waals surface area contributed by atoms with Gasteiger partial charge in [0, 0.05) is 36.8 Å². The van der Waals surface area contributed by atoms with Crippen LogP contribution in [0, 0.1) is 13.8 Å². The number of aryl methyl sites for hydroxylation is 3. The van der Waals surface area contributed by atoms with Gasteiger partial charge in [0.15, 0.2) is 5.82 Å². The van der Waals surface area contributed by atoms with Crippen LogP contribution < -0.4 is 4.90 Å². The van der Waals surface area contributed by atoms with Crippen LogP contribution in [-0.4, -0.2) is 27.0 Å². The highest BCUT2D eigenvalue weighted by Crippen LogP contribution is 2.39. The molecule has 0 spiro atoms. The Morgan fingerprint density at radius 2 is 1.92 bits per heavy atom. The fourth-order valence-corrected chi connectivity index (χ4v) is 4.56. The highest BCUT2D eigenvalue weighted by molar-refractivity contribution is 7.11. The van der Waals surface area contributed by atoms with Crippen LogP contribution in [0.25, 0.3) is 11.4 Å². The Kier molecular flexibility index (Phi) is 4.21. The summed E-state index contributed by atoms with van der Waals surface area (Å²) in [5, 5.41) is 1.15. The molecule has 0 radical (unpaired) electrons. The lowest BCUT2D eigenvalue weighted by Gasteiger charge is -2.31. The van der Waals surface area contributed by atoms with E-state index < -0.39 is 0 Å². The number of pyridine rings is 1. The summed E-state index contributed by atoms with van der Waals surface area (Å²) in [6, 6.07) is 6.30. The van der Waals surface area contributed by atoms with Crippen LogP contribution in [0.4, 0.5) is 5.82 Å². The van der Waals surface area contributed by atoms with E-state index in [2.05, 4.69) is 34.9 Å². The van der Waals surface area contributed by atoms with Crippen molar-refractivity contribution in [1.29, 1.82) is 0 Å². The number of rotatable bonds is 3. The minimum absolute atomic E-state index is 0.342. The van der Waals surface area contributed by atoms with Gasteiger partial charge in [0.05, 0.1) is 21.6 Å². The lowest BCUT2D eigenvalue weighted by atomic mass is 9.97. The summed E-state index contributed by atoms with van der Waals surface area (Å²) in [5.74, 6) is 1.71.